The predicted molar refractivity (Wildman–Crippen MR) is 110 cm³/mol. The van der Waals surface area contributed by atoms with Crippen LogP contribution in [0.15, 0.2) is 29.4 Å². The maximum atomic E-state index is 6.05. The molecule has 2 saturated heterocycles. The lowest BCUT2D eigenvalue weighted by molar-refractivity contribution is -0.171. The van der Waals surface area contributed by atoms with E-state index in [4.69, 9.17) is 4.74 Å². The molecule has 2 N–H and O–H groups in total. The summed E-state index contributed by atoms with van der Waals surface area (Å²) in [6, 6.07) is 7.21. The van der Waals surface area contributed by atoms with Crippen molar-refractivity contribution in [2.45, 2.75) is 63.3 Å². The molecular formula is C22H33N5O. The second-order valence-electron chi connectivity index (χ2n) is 9.04. The summed E-state index contributed by atoms with van der Waals surface area (Å²) in [7, 11) is 1.90. The fourth-order valence-corrected chi connectivity index (χ4v) is 5.92. The predicted octanol–water partition coefficient (Wildman–Crippen LogP) is 2.17. The van der Waals surface area contributed by atoms with Gasteiger partial charge < -0.3 is 15.4 Å². The molecule has 5 rings (SSSR count). The third kappa shape index (κ3) is 3.20. The van der Waals surface area contributed by atoms with E-state index in [1.807, 2.05) is 19.3 Å². The molecule has 2 aliphatic carbocycles. The molecule has 4 aliphatic rings. The minimum absolute atomic E-state index is 0.394. The number of guanidine groups is 1. The number of rotatable bonds is 4. The highest BCUT2D eigenvalue weighted by Crippen LogP contribution is 2.62. The van der Waals surface area contributed by atoms with Crippen molar-refractivity contribution in [3.8, 4) is 0 Å². The Labute approximate surface area is 168 Å². The largest absolute Gasteiger partial charge is 0.377 e. The molecule has 6 heteroatoms. The molecule has 2 saturated carbocycles. The average molecular weight is 384 g/mol. The molecular weight excluding hydrogens is 350 g/mol. The van der Waals surface area contributed by atoms with Crippen LogP contribution in [-0.2, 0) is 11.3 Å². The van der Waals surface area contributed by atoms with E-state index in [1.54, 1.807) is 0 Å². The molecule has 6 nitrogen and oxygen atoms in total. The molecule has 1 spiro atoms. The Morgan fingerprint density at radius 2 is 2.11 bits per heavy atom. The molecule has 0 amide bonds. The molecule has 2 aliphatic heterocycles. The minimum atomic E-state index is 0.394. The standard InChI is InChI=1S/C22H33N5O/c1-23-21(26-19-18-8-14-28-20(18)22(19)9-4-10-22)25-16-6-12-27(13-7-16)15-17-5-2-3-11-24-17/h2-3,5,11,16,18-20H,4,6-10,12-15H2,1H3,(H2,23,25,26). The fraction of sp³-hybridized carbons (Fsp3) is 0.727. The van der Waals surface area contributed by atoms with Crippen LogP contribution in [0.5, 0.6) is 0 Å². The van der Waals surface area contributed by atoms with Crippen LogP contribution < -0.4 is 10.6 Å². The molecule has 152 valence electrons. The zero-order chi connectivity index (χ0) is 19.0. The number of nitrogens with one attached hydrogen (secondary N) is 2. The van der Waals surface area contributed by atoms with Crippen LogP contribution in [0.25, 0.3) is 0 Å². The molecule has 3 heterocycles. The summed E-state index contributed by atoms with van der Waals surface area (Å²) in [5, 5.41) is 7.51. The van der Waals surface area contributed by atoms with Gasteiger partial charge in [0.25, 0.3) is 0 Å². The highest BCUT2D eigenvalue weighted by atomic mass is 16.5. The van der Waals surface area contributed by atoms with Gasteiger partial charge in [-0.1, -0.05) is 12.5 Å². The summed E-state index contributed by atoms with van der Waals surface area (Å²) >= 11 is 0. The van der Waals surface area contributed by atoms with Crippen LogP contribution in [0.4, 0.5) is 0 Å². The summed E-state index contributed by atoms with van der Waals surface area (Å²) in [4.78, 5) is 11.5. The number of hydrogen-bond donors (Lipinski definition) is 2. The van der Waals surface area contributed by atoms with Gasteiger partial charge in [0, 0.05) is 62.9 Å². The SMILES string of the molecule is CN=C(NC1CCN(Cc2ccccn2)CC1)NC1C2CCOC2C12CCC2. The van der Waals surface area contributed by atoms with E-state index in [-0.39, 0.29) is 0 Å². The van der Waals surface area contributed by atoms with Gasteiger partial charge in [0.1, 0.15) is 0 Å². The fourth-order valence-electron chi connectivity index (χ4n) is 5.92. The number of nitrogens with zero attached hydrogens (tertiary/aromatic N) is 3. The number of likely N-dealkylation sites (tertiary alicyclic amines) is 1. The number of pyridine rings is 1. The summed E-state index contributed by atoms with van der Waals surface area (Å²) in [6.07, 6.45) is 9.87. The molecule has 0 radical (unpaired) electrons. The molecule has 0 bridgehead atoms. The lowest BCUT2D eigenvalue weighted by Gasteiger charge is -2.63. The first kappa shape index (κ1) is 18.4. The number of aromatic nitrogens is 1. The van der Waals surface area contributed by atoms with Crippen molar-refractivity contribution in [1.82, 2.24) is 20.5 Å². The molecule has 0 aromatic carbocycles. The number of ether oxygens (including phenoxy) is 1. The zero-order valence-electron chi connectivity index (χ0n) is 16.9. The van der Waals surface area contributed by atoms with Crippen molar-refractivity contribution in [2.24, 2.45) is 16.3 Å². The van der Waals surface area contributed by atoms with E-state index in [2.05, 4.69) is 37.6 Å². The Hall–Kier alpha value is -1.66. The first-order valence-electron chi connectivity index (χ1n) is 11.0. The van der Waals surface area contributed by atoms with Gasteiger partial charge in [-0.3, -0.25) is 14.9 Å². The highest BCUT2D eigenvalue weighted by molar-refractivity contribution is 5.80. The second kappa shape index (κ2) is 7.64. The van der Waals surface area contributed by atoms with Crippen LogP contribution in [0, 0.1) is 11.3 Å². The van der Waals surface area contributed by atoms with Crippen LogP contribution in [0.3, 0.4) is 0 Å². The van der Waals surface area contributed by atoms with Crippen molar-refractivity contribution in [2.75, 3.05) is 26.7 Å². The number of aliphatic imine (C=N–C) groups is 1. The summed E-state index contributed by atoms with van der Waals surface area (Å²) < 4.78 is 6.05. The maximum Gasteiger partial charge on any atom is 0.191 e. The van der Waals surface area contributed by atoms with Crippen molar-refractivity contribution in [3.63, 3.8) is 0 Å². The third-order valence-corrected chi connectivity index (χ3v) is 7.59. The molecule has 4 fully saturated rings. The molecule has 1 aromatic rings. The Morgan fingerprint density at radius 3 is 2.79 bits per heavy atom. The van der Waals surface area contributed by atoms with Gasteiger partial charge in [0.15, 0.2) is 5.96 Å². The maximum absolute atomic E-state index is 6.05. The average Bonchev–Trinajstić information content (AvgIpc) is 3.11. The molecule has 1 aromatic heterocycles. The van der Waals surface area contributed by atoms with Crippen molar-refractivity contribution in [1.29, 1.82) is 0 Å². The topological polar surface area (TPSA) is 61.8 Å². The van der Waals surface area contributed by atoms with Gasteiger partial charge in [-0.05, 0) is 44.2 Å². The summed E-state index contributed by atoms with van der Waals surface area (Å²) in [5.74, 6) is 1.67. The zero-order valence-corrected chi connectivity index (χ0v) is 16.9. The summed E-state index contributed by atoms with van der Waals surface area (Å²) in [5.41, 5.74) is 1.56. The monoisotopic (exact) mass is 383 g/mol. The third-order valence-electron chi connectivity index (χ3n) is 7.59. The van der Waals surface area contributed by atoms with Gasteiger partial charge in [0.05, 0.1) is 11.8 Å². The van der Waals surface area contributed by atoms with E-state index >= 15 is 0 Å². The second-order valence-corrected chi connectivity index (χ2v) is 9.04. The molecule has 3 atom stereocenters. The van der Waals surface area contributed by atoms with Crippen molar-refractivity contribution >= 4 is 5.96 Å². The Bertz CT molecular complexity index is 696. The Kier molecular flexibility index (Phi) is 5.01. The van der Waals surface area contributed by atoms with Crippen LogP contribution in [0.1, 0.15) is 44.2 Å². The van der Waals surface area contributed by atoms with Gasteiger partial charge in [0.2, 0.25) is 0 Å². The normalized spacial score (nSPS) is 32.5. The van der Waals surface area contributed by atoms with Crippen LogP contribution in [-0.4, -0.2) is 60.8 Å². The highest BCUT2D eigenvalue weighted by Gasteiger charge is 2.66. The molecule has 3 unspecified atom stereocenters. The van der Waals surface area contributed by atoms with E-state index in [0.29, 0.717) is 29.5 Å². The van der Waals surface area contributed by atoms with Crippen molar-refractivity contribution in [3.05, 3.63) is 30.1 Å². The van der Waals surface area contributed by atoms with Crippen LogP contribution in [0.2, 0.25) is 0 Å². The lowest BCUT2D eigenvalue weighted by atomic mass is 9.46. The number of hydrogen-bond acceptors (Lipinski definition) is 4. The van der Waals surface area contributed by atoms with Gasteiger partial charge in [-0.2, -0.15) is 0 Å². The first-order valence-corrected chi connectivity index (χ1v) is 11.0. The van der Waals surface area contributed by atoms with Crippen LogP contribution >= 0.6 is 0 Å². The van der Waals surface area contributed by atoms with Gasteiger partial charge in [-0.25, -0.2) is 0 Å². The Morgan fingerprint density at radius 1 is 1.25 bits per heavy atom. The quantitative estimate of drug-likeness (QED) is 0.616. The van der Waals surface area contributed by atoms with E-state index in [9.17, 15) is 0 Å². The van der Waals surface area contributed by atoms with E-state index in [0.717, 1.165) is 50.7 Å². The summed E-state index contributed by atoms with van der Waals surface area (Å²) in [6.45, 7) is 4.11. The van der Waals surface area contributed by atoms with Crippen molar-refractivity contribution < 1.29 is 4.74 Å². The van der Waals surface area contributed by atoms with E-state index in [1.165, 1.54) is 25.7 Å². The lowest BCUT2D eigenvalue weighted by Crippen LogP contribution is -2.72. The van der Waals surface area contributed by atoms with Gasteiger partial charge in [-0.15, -0.1) is 0 Å². The van der Waals surface area contributed by atoms with Gasteiger partial charge >= 0.3 is 0 Å². The number of piperidine rings is 1. The first-order chi connectivity index (χ1) is 13.8. The van der Waals surface area contributed by atoms with E-state index < -0.39 is 0 Å². The Balaban J connectivity index is 1.12. The number of fused-ring (bicyclic) bond motifs is 2. The molecule has 28 heavy (non-hydrogen) atoms. The smallest absolute Gasteiger partial charge is 0.191 e. The minimum Gasteiger partial charge on any atom is -0.377 e.